The Labute approximate surface area is 137 Å². The Morgan fingerprint density at radius 3 is 2.26 bits per heavy atom. The predicted octanol–water partition coefficient (Wildman–Crippen LogP) is 3.29. The largest absolute Gasteiger partial charge is 0.497 e. The van der Waals surface area contributed by atoms with Gasteiger partial charge in [-0.05, 0) is 36.4 Å². The molecule has 2 aromatic rings. The van der Waals surface area contributed by atoms with Gasteiger partial charge in [0.15, 0.2) is 11.5 Å². The lowest BCUT2D eigenvalue weighted by Gasteiger charge is -2.34. The lowest BCUT2D eigenvalue weighted by molar-refractivity contribution is 0.284. The Hall–Kier alpha value is -2.20. The standard InChI is InChI=1S/C19H23NO3/c1-20-11-14-7-10-17(22-3)19(23-4)18(14)16(12-20)13-5-8-15(21-2)9-6-13/h5-10,16H,11-12H2,1-4H3/t16-/m1/s1. The highest BCUT2D eigenvalue weighted by Crippen LogP contribution is 2.43. The van der Waals surface area contributed by atoms with E-state index in [0.29, 0.717) is 0 Å². The summed E-state index contributed by atoms with van der Waals surface area (Å²) < 4.78 is 16.5. The van der Waals surface area contributed by atoms with Gasteiger partial charge >= 0.3 is 0 Å². The van der Waals surface area contributed by atoms with Crippen LogP contribution in [0.25, 0.3) is 0 Å². The van der Waals surface area contributed by atoms with Gasteiger partial charge in [-0.25, -0.2) is 0 Å². The molecule has 3 rings (SSSR count). The molecule has 1 heterocycles. The molecular weight excluding hydrogens is 290 g/mol. The molecule has 4 nitrogen and oxygen atoms in total. The van der Waals surface area contributed by atoms with Gasteiger partial charge in [0.1, 0.15) is 5.75 Å². The molecule has 0 amide bonds. The third-order valence-electron chi connectivity index (χ3n) is 4.48. The zero-order valence-electron chi connectivity index (χ0n) is 14.1. The maximum absolute atomic E-state index is 5.70. The van der Waals surface area contributed by atoms with Crippen LogP contribution in [0.1, 0.15) is 22.6 Å². The second-order valence-electron chi connectivity index (χ2n) is 5.90. The fraction of sp³-hybridized carbons (Fsp3) is 0.368. The molecule has 0 saturated heterocycles. The predicted molar refractivity (Wildman–Crippen MR) is 90.7 cm³/mol. The molecule has 23 heavy (non-hydrogen) atoms. The minimum atomic E-state index is 0.250. The van der Waals surface area contributed by atoms with Gasteiger partial charge in [-0.15, -0.1) is 0 Å². The summed E-state index contributed by atoms with van der Waals surface area (Å²) in [6.07, 6.45) is 0. The fourth-order valence-electron chi connectivity index (χ4n) is 3.38. The quantitative estimate of drug-likeness (QED) is 0.867. The van der Waals surface area contributed by atoms with Crippen LogP contribution in [0.15, 0.2) is 36.4 Å². The molecular formula is C19H23NO3. The first-order valence-corrected chi connectivity index (χ1v) is 7.74. The van der Waals surface area contributed by atoms with E-state index in [9.17, 15) is 0 Å². The highest BCUT2D eigenvalue weighted by atomic mass is 16.5. The number of benzene rings is 2. The molecule has 0 aliphatic carbocycles. The SMILES string of the molecule is COc1ccc([C@H]2CN(C)Cc3ccc(OC)c(OC)c32)cc1. The molecule has 0 bridgehead atoms. The number of nitrogens with zero attached hydrogens (tertiary/aromatic N) is 1. The van der Waals surface area contributed by atoms with Crippen molar-refractivity contribution < 1.29 is 14.2 Å². The summed E-state index contributed by atoms with van der Waals surface area (Å²) in [7, 11) is 7.23. The average Bonchev–Trinajstić information content (AvgIpc) is 2.60. The lowest BCUT2D eigenvalue weighted by atomic mass is 9.84. The Bertz CT molecular complexity index is 682. The number of hydrogen-bond acceptors (Lipinski definition) is 4. The summed E-state index contributed by atoms with van der Waals surface area (Å²) in [5.41, 5.74) is 3.78. The van der Waals surface area contributed by atoms with Crippen molar-refractivity contribution in [2.75, 3.05) is 34.9 Å². The van der Waals surface area contributed by atoms with Gasteiger partial charge in [0.05, 0.1) is 21.3 Å². The Morgan fingerprint density at radius 1 is 0.913 bits per heavy atom. The van der Waals surface area contributed by atoms with Gasteiger partial charge in [-0.2, -0.15) is 0 Å². The molecule has 0 spiro atoms. The number of rotatable bonds is 4. The molecule has 1 aliphatic heterocycles. The van der Waals surface area contributed by atoms with E-state index in [-0.39, 0.29) is 5.92 Å². The Morgan fingerprint density at radius 2 is 1.65 bits per heavy atom. The van der Waals surface area contributed by atoms with Crippen molar-refractivity contribution in [1.82, 2.24) is 4.90 Å². The van der Waals surface area contributed by atoms with Crippen LogP contribution in [0.2, 0.25) is 0 Å². The van der Waals surface area contributed by atoms with E-state index in [1.807, 2.05) is 18.2 Å². The normalized spacial score (nSPS) is 17.5. The monoisotopic (exact) mass is 313 g/mol. The van der Waals surface area contributed by atoms with E-state index in [0.717, 1.165) is 30.3 Å². The van der Waals surface area contributed by atoms with Crippen LogP contribution in [0.5, 0.6) is 17.2 Å². The molecule has 0 aromatic heterocycles. The van der Waals surface area contributed by atoms with Crippen LogP contribution >= 0.6 is 0 Å². The minimum absolute atomic E-state index is 0.250. The molecule has 0 fully saturated rings. The molecule has 1 aliphatic rings. The lowest BCUT2D eigenvalue weighted by Crippen LogP contribution is -2.31. The van der Waals surface area contributed by atoms with Crippen molar-refractivity contribution in [1.29, 1.82) is 0 Å². The summed E-state index contributed by atoms with van der Waals surface area (Å²) in [6, 6.07) is 12.4. The maximum Gasteiger partial charge on any atom is 0.164 e. The zero-order chi connectivity index (χ0) is 16.4. The first-order valence-electron chi connectivity index (χ1n) is 7.74. The van der Waals surface area contributed by atoms with E-state index in [1.54, 1.807) is 21.3 Å². The second kappa shape index (κ2) is 6.50. The van der Waals surface area contributed by atoms with Crippen molar-refractivity contribution in [2.45, 2.75) is 12.5 Å². The maximum atomic E-state index is 5.70. The smallest absolute Gasteiger partial charge is 0.164 e. The summed E-state index contributed by atoms with van der Waals surface area (Å²) in [5, 5.41) is 0. The minimum Gasteiger partial charge on any atom is -0.497 e. The third kappa shape index (κ3) is 2.86. The topological polar surface area (TPSA) is 30.9 Å². The molecule has 1 atom stereocenters. The zero-order valence-corrected chi connectivity index (χ0v) is 14.1. The van der Waals surface area contributed by atoms with Crippen molar-refractivity contribution in [3.05, 3.63) is 53.1 Å². The van der Waals surface area contributed by atoms with E-state index >= 15 is 0 Å². The highest BCUT2D eigenvalue weighted by molar-refractivity contribution is 5.56. The number of methoxy groups -OCH3 is 3. The van der Waals surface area contributed by atoms with Crippen LogP contribution in [-0.4, -0.2) is 39.8 Å². The van der Waals surface area contributed by atoms with Crippen molar-refractivity contribution in [2.24, 2.45) is 0 Å². The Balaban J connectivity index is 2.12. The van der Waals surface area contributed by atoms with Gasteiger partial charge in [0.25, 0.3) is 0 Å². The van der Waals surface area contributed by atoms with Gasteiger partial charge in [0.2, 0.25) is 0 Å². The molecule has 0 radical (unpaired) electrons. The number of likely N-dealkylation sites (N-methyl/N-ethyl adjacent to an activating group) is 1. The van der Waals surface area contributed by atoms with Gasteiger partial charge in [-0.1, -0.05) is 18.2 Å². The summed E-state index contributed by atoms with van der Waals surface area (Å²) in [6.45, 7) is 1.87. The Kier molecular flexibility index (Phi) is 4.44. The number of fused-ring (bicyclic) bond motifs is 1. The highest BCUT2D eigenvalue weighted by Gasteiger charge is 2.29. The van der Waals surface area contributed by atoms with E-state index in [1.165, 1.54) is 16.7 Å². The van der Waals surface area contributed by atoms with Gasteiger partial charge in [-0.3, -0.25) is 0 Å². The summed E-state index contributed by atoms with van der Waals surface area (Å²) in [5.74, 6) is 2.75. The van der Waals surface area contributed by atoms with Crippen LogP contribution in [0, 0.1) is 0 Å². The molecule has 2 aromatic carbocycles. The average molecular weight is 313 g/mol. The molecule has 0 N–H and O–H groups in total. The van der Waals surface area contributed by atoms with Crippen LogP contribution in [-0.2, 0) is 6.54 Å². The van der Waals surface area contributed by atoms with Gasteiger partial charge < -0.3 is 19.1 Å². The van der Waals surface area contributed by atoms with Crippen LogP contribution in [0.3, 0.4) is 0 Å². The number of ether oxygens (including phenoxy) is 3. The molecule has 122 valence electrons. The third-order valence-corrected chi connectivity index (χ3v) is 4.48. The molecule has 0 unspecified atom stereocenters. The van der Waals surface area contributed by atoms with Crippen LogP contribution in [0.4, 0.5) is 0 Å². The fourth-order valence-corrected chi connectivity index (χ4v) is 3.38. The number of hydrogen-bond donors (Lipinski definition) is 0. The summed E-state index contributed by atoms with van der Waals surface area (Å²) in [4.78, 5) is 2.34. The van der Waals surface area contributed by atoms with Gasteiger partial charge in [0, 0.05) is 24.6 Å². The van der Waals surface area contributed by atoms with E-state index in [2.05, 4.69) is 30.1 Å². The molecule has 0 saturated carbocycles. The van der Waals surface area contributed by atoms with Crippen LogP contribution < -0.4 is 14.2 Å². The first kappa shape index (κ1) is 15.7. The molecule has 4 heteroatoms. The van der Waals surface area contributed by atoms with E-state index in [4.69, 9.17) is 14.2 Å². The van der Waals surface area contributed by atoms with Crippen molar-refractivity contribution in [3.63, 3.8) is 0 Å². The summed E-state index contributed by atoms with van der Waals surface area (Å²) >= 11 is 0. The van der Waals surface area contributed by atoms with E-state index < -0.39 is 0 Å². The van der Waals surface area contributed by atoms with Crippen molar-refractivity contribution in [3.8, 4) is 17.2 Å². The van der Waals surface area contributed by atoms with Crippen molar-refractivity contribution >= 4 is 0 Å². The first-order chi connectivity index (χ1) is 11.2. The second-order valence-corrected chi connectivity index (χ2v) is 5.90.